The number of amides is 2. The highest BCUT2D eigenvalue weighted by molar-refractivity contribution is 7.19. The molecule has 1 aromatic carbocycles. The fourth-order valence-electron chi connectivity index (χ4n) is 4.71. The molecule has 1 aliphatic heterocycles. The number of aromatic nitrogens is 4. The lowest BCUT2D eigenvalue weighted by atomic mass is 10.1. The topological polar surface area (TPSA) is 158 Å². The van der Waals surface area contributed by atoms with E-state index in [4.69, 9.17) is 10.2 Å². The van der Waals surface area contributed by atoms with Crippen molar-refractivity contribution in [2.75, 3.05) is 11.1 Å². The molecule has 13 heteroatoms. The highest BCUT2D eigenvalue weighted by Crippen LogP contribution is 2.34. The van der Waals surface area contributed by atoms with Gasteiger partial charge >= 0.3 is 0 Å². The maximum absolute atomic E-state index is 14.1. The Morgan fingerprint density at radius 2 is 2.00 bits per heavy atom. The number of halogens is 1. The minimum Gasteiger partial charge on any atom is -0.431 e. The Hall–Kier alpha value is -4.91. The molecule has 5 aromatic rings. The summed E-state index contributed by atoms with van der Waals surface area (Å²) in [5, 5.41) is 6.31. The molecule has 5 heterocycles. The van der Waals surface area contributed by atoms with E-state index in [1.165, 1.54) is 40.3 Å². The van der Waals surface area contributed by atoms with E-state index in [9.17, 15) is 18.8 Å². The Morgan fingerprint density at radius 3 is 2.83 bits per heavy atom. The van der Waals surface area contributed by atoms with E-state index in [0.717, 1.165) is 21.2 Å². The van der Waals surface area contributed by atoms with Gasteiger partial charge in [-0.2, -0.15) is 0 Å². The number of nitrogen functional groups attached to an aromatic ring is 1. The van der Waals surface area contributed by atoms with Crippen LogP contribution in [0.1, 0.15) is 46.6 Å². The predicted molar refractivity (Wildman–Crippen MR) is 146 cm³/mol. The third-order valence-electron chi connectivity index (χ3n) is 6.65. The fourth-order valence-corrected chi connectivity index (χ4v) is 5.73. The number of oxazole rings is 1. The Morgan fingerprint density at radius 1 is 1.18 bits per heavy atom. The molecule has 11 nitrogen and oxygen atoms in total. The van der Waals surface area contributed by atoms with Gasteiger partial charge in [0.15, 0.2) is 0 Å². The number of benzene rings is 1. The van der Waals surface area contributed by atoms with Crippen LogP contribution in [-0.4, -0.2) is 31.3 Å². The van der Waals surface area contributed by atoms with Crippen LogP contribution in [0.5, 0.6) is 0 Å². The van der Waals surface area contributed by atoms with E-state index < -0.39 is 23.3 Å². The number of rotatable bonds is 6. The second kappa shape index (κ2) is 10.0. The first-order valence-electron chi connectivity index (χ1n) is 12.3. The number of carbonyl (C=O) groups is 2. The summed E-state index contributed by atoms with van der Waals surface area (Å²) in [6.07, 6.45) is 4.47. The van der Waals surface area contributed by atoms with E-state index in [-0.39, 0.29) is 41.3 Å². The van der Waals surface area contributed by atoms with Crippen LogP contribution in [0.25, 0.3) is 21.5 Å². The number of pyridine rings is 1. The molecule has 4 aromatic heterocycles. The van der Waals surface area contributed by atoms with Crippen LogP contribution < -0.4 is 21.9 Å². The molecule has 4 N–H and O–H groups in total. The Bertz CT molecular complexity index is 1850. The van der Waals surface area contributed by atoms with Gasteiger partial charge in [0.2, 0.25) is 17.6 Å². The van der Waals surface area contributed by atoms with Gasteiger partial charge in [-0.3, -0.25) is 19.0 Å². The molecular weight excluding hydrogens is 537 g/mol. The van der Waals surface area contributed by atoms with Gasteiger partial charge in [0, 0.05) is 27.1 Å². The Balaban J connectivity index is 1.20. The molecule has 2 amide bonds. The van der Waals surface area contributed by atoms with Gasteiger partial charge < -0.3 is 20.8 Å². The van der Waals surface area contributed by atoms with Gasteiger partial charge in [-0.05, 0) is 30.7 Å². The summed E-state index contributed by atoms with van der Waals surface area (Å²) in [6, 6.07) is 8.77. The highest BCUT2D eigenvalue weighted by Gasteiger charge is 2.36. The summed E-state index contributed by atoms with van der Waals surface area (Å²) in [5.41, 5.74) is 5.16. The molecule has 0 bridgehead atoms. The largest absolute Gasteiger partial charge is 0.431 e. The molecule has 0 unspecified atom stereocenters. The number of thiophene rings is 1. The van der Waals surface area contributed by atoms with Gasteiger partial charge in [-0.1, -0.05) is 19.1 Å². The van der Waals surface area contributed by atoms with E-state index in [2.05, 4.69) is 25.6 Å². The van der Waals surface area contributed by atoms with Crippen LogP contribution in [0.3, 0.4) is 0 Å². The molecule has 0 radical (unpaired) electrons. The van der Waals surface area contributed by atoms with Crippen molar-refractivity contribution in [2.45, 2.75) is 31.8 Å². The molecule has 0 aliphatic carbocycles. The van der Waals surface area contributed by atoms with Crippen molar-refractivity contribution in [3.8, 4) is 11.5 Å². The monoisotopic (exact) mass is 559 g/mol. The average Bonchev–Trinajstić information content (AvgIpc) is 3.66. The number of nitrogens with one attached hydrogen (secondary N) is 2. The molecule has 40 heavy (non-hydrogen) atoms. The van der Waals surface area contributed by atoms with Crippen molar-refractivity contribution in [1.82, 2.24) is 24.8 Å². The molecule has 1 aliphatic rings. The van der Waals surface area contributed by atoms with Crippen molar-refractivity contribution in [3.63, 3.8) is 0 Å². The molecule has 0 fully saturated rings. The van der Waals surface area contributed by atoms with Gasteiger partial charge in [0.1, 0.15) is 29.2 Å². The zero-order chi connectivity index (χ0) is 28.0. The van der Waals surface area contributed by atoms with Gasteiger partial charge in [0.05, 0.1) is 24.5 Å². The number of fused-ring (bicyclic) bond motifs is 2. The van der Waals surface area contributed by atoms with Crippen molar-refractivity contribution in [1.29, 1.82) is 0 Å². The zero-order valence-electron chi connectivity index (χ0n) is 21.1. The highest BCUT2D eigenvalue weighted by atomic mass is 32.1. The Labute approximate surface area is 229 Å². The number of carbonyl (C=O) groups excluding carboxylic acids is 2. The van der Waals surface area contributed by atoms with Crippen LogP contribution in [0.2, 0.25) is 0 Å². The molecular formula is C27H22FN7O4S. The SMILES string of the molecule is C[C@@H]1C[C@@H](C(=O)NCc2cc3cnc(N)cc3s2)n2c1ncc(NC(=O)c1cnc(-c3ccccc3F)o1)c2=O. The van der Waals surface area contributed by atoms with Gasteiger partial charge in [-0.15, -0.1) is 11.3 Å². The second-order valence-corrected chi connectivity index (χ2v) is 10.6. The molecule has 202 valence electrons. The number of nitrogens with two attached hydrogens (primary N) is 1. The normalized spacial score (nSPS) is 16.1. The van der Waals surface area contributed by atoms with Crippen LogP contribution in [-0.2, 0) is 11.3 Å². The van der Waals surface area contributed by atoms with Crippen LogP contribution in [0.4, 0.5) is 15.9 Å². The maximum atomic E-state index is 14.1. The lowest BCUT2D eigenvalue weighted by Gasteiger charge is -2.15. The van der Waals surface area contributed by atoms with Crippen LogP contribution >= 0.6 is 11.3 Å². The maximum Gasteiger partial charge on any atom is 0.293 e. The predicted octanol–water partition coefficient (Wildman–Crippen LogP) is 3.85. The Kier molecular flexibility index (Phi) is 6.34. The number of hydrogen-bond donors (Lipinski definition) is 3. The van der Waals surface area contributed by atoms with E-state index in [0.29, 0.717) is 18.1 Å². The van der Waals surface area contributed by atoms with Crippen LogP contribution in [0, 0.1) is 5.82 Å². The van der Waals surface area contributed by atoms with E-state index >= 15 is 0 Å². The summed E-state index contributed by atoms with van der Waals surface area (Å²) in [6.45, 7) is 2.15. The van der Waals surface area contributed by atoms with E-state index in [1.807, 2.05) is 13.0 Å². The van der Waals surface area contributed by atoms with Crippen molar-refractivity contribution < 1.29 is 18.4 Å². The van der Waals surface area contributed by atoms with Crippen molar-refractivity contribution in [3.05, 3.63) is 87.6 Å². The lowest BCUT2D eigenvalue weighted by Crippen LogP contribution is -2.36. The van der Waals surface area contributed by atoms with Crippen molar-refractivity contribution >= 4 is 44.7 Å². The first-order chi connectivity index (χ1) is 19.3. The van der Waals surface area contributed by atoms with Crippen LogP contribution in [0.15, 0.2) is 64.2 Å². The number of hydrogen-bond acceptors (Lipinski definition) is 9. The molecule has 6 rings (SSSR count). The minimum absolute atomic E-state index is 0.0732. The standard InChI is InChI=1S/C27H22FN7O4S/c1-13-6-19(24(36)32-10-15-7-14-9-30-22(29)8-21(14)40-15)35-23(13)31-11-18(27(35)38)34-25(37)20-12-33-26(39-20)16-4-2-3-5-17(16)28/h2-5,7-9,11-13,19H,6,10H2,1H3,(H2,29,30)(H,32,36)(H,34,37)/t13-,19+/m1/s1. The molecule has 0 saturated carbocycles. The summed E-state index contributed by atoms with van der Waals surface area (Å²) < 4.78 is 21.8. The van der Waals surface area contributed by atoms with E-state index in [1.54, 1.807) is 18.3 Å². The molecule has 0 spiro atoms. The smallest absolute Gasteiger partial charge is 0.293 e. The first-order valence-corrected chi connectivity index (χ1v) is 13.2. The fraction of sp³-hybridized carbons (Fsp3) is 0.185. The lowest BCUT2D eigenvalue weighted by molar-refractivity contribution is -0.124. The second-order valence-electron chi connectivity index (χ2n) is 9.40. The molecule has 2 atom stereocenters. The average molecular weight is 560 g/mol. The number of anilines is 2. The third-order valence-corrected chi connectivity index (χ3v) is 7.74. The number of nitrogens with zero attached hydrogens (tertiary/aromatic N) is 4. The first kappa shape index (κ1) is 25.4. The minimum atomic E-state index is -0.800. The third kappa shape index (κ3) is 4.60. The molecule has 0 saturated heterocycles. The zero-order valence-corrected chi connectivity index (χ0v) is 21.9. The van der Waals surface area contributed by atoms with Gasteiger partial charge in [0.25, 0.3) is 11.5 Å². The van der Waals surface area contributed by atoms with Gasteiger partial charge in [-0.25, -0.2) is 19.3 Å². The summed E-state index contributed by atoms with van der Waals surface area (Å²) in [5.74, 6) is -1.21. The summed E-state index contributed by atoms with van der Waals surface area (Å²) in [7, 11) is 0. The van der Waals surface area contributed by atoms with Crippen molar-refractivity contribution in [2.24, 2.45) is 0 Å². The quantitative estimate of drug-likeness (QED) is 0.283. The summed E-state index contributed by atoms with van der Waals surface area (Å²) >= 11 is 1.50. The summed E-state index contributed by atoms with van der Waals surface area (Å²) in [4.78, 5) is 52.7.